The van der Waals surface area contributed by atoms with Crippen LogP contribution in [0.15, 0.2) is 30.3 Å². The van der Waals surface area contributed by atoms with Crippen LogP contribution in [0.2, 0.25) is 0 Å². The zero-order valence-electron chi connectivity index (χ0n) is 9.32. The SMILES string of the molecule is CCC1(c2ccccc2)C(=S)NC(=S)NC1=S. The van der Waals surface area contributed by atoms with Crippen LogP contribution in [0.5, 0.6) is 0 Å². The lowest BCUT2D eigenvalue weighted by Gasteiger charge is -2.39. The molecule has 17 heavy (non-hydrogen) atoms. The Bertz CT molecular complexity index is 462. The molecule has 1 aliphatic heterocycles. The highest BCUT2D eigenvalue weighted by Crippen LogP contribution is 2.32. The summed E-state index contributed by atoms with van der Waals surface area (Å²) >= 11 is 16.0. The molecule has 1 fully saturated rings. The summed E-state index contributed by atoms with van der Waals surface area (Å²) in [5.74, 6) is 0. The fraction of sp³-hybridized carbons (Fsp3) is 0.250. The molecule has 1 aliphatic rings. The number of nitrogens with one attached hydrogen (secondary N) is 2. The van der Waals surface area contributed by atoms with Gasteiger partial charge in [-0.3, -0.25) is 0 Å². The zero-order chi connectivity index (χ0) is 12.5. The molecule has 1 aromatic rings. The molecule has 0 bridgehead atoms. The van der Waals surface area contributed by atoms with Crippen LogP contribution in [0.1, 0.15) is 18.9 Å². The second kappa shape index (κ2) is 4.76. The van der Waals surface area contributed by atoms with Crippen LogP contribution in [0.4, 0.5) is 0 Å². The van der Waals surface area contributed by atoms with Crippen molar-refractivity contribution in [3.8, 4) is 0 Å². The van der Waals surface area contributed by atoms with Crippen molar-refractivity contribution in [2.45, 2.75) is 18.8 Å². The van der Waals surface area contributed by atoms with Gasteiger partial charge >= 0.3 is 0 Å². The first-order valence-corrected chi connectivity index (χ1v) is 6.56. The number of benzene rings is 1. The van der Waals surface area contributed by atoms with Gasteiger partial charge in [-0.2, -0.15) is 0 Å². The molecule has 5 heteroatoms. The first kappa shape index (κ1) is 12.5. The van der Waals surface area contributed by atoms with Gasteiger partial charge in [-0.1, -0.05) is 61.7 Å². The van der Waals surface area contributed by atoms with Crippen molar-refractivity contribution in [3.63, 3.8) is 0 Å². The van der Waals surface area contributed by atoms with E-state index in [9.17, 15) is 0 Å². The van der Waals surface area contributed by atoms with Gasteiger partial charge in [0, 0.05) is 0 Å². The molecule has 1 heterocycles. The van der Waals surface area contributed by atoms with Crippen molar-refractivity contribution in [1.82, 2.24) is 10.6 Å². The first-order valence-electron chi connectivity index (χ1n) is 5.33. The highest BCUT2D eigenvalue weighted by Gasteiger charge is 2.43. The maximum Gasteiger partial charge on any atom is 0.176 e. The lowest BCUT2D eigenvalue weighted by Crippen LogP contribution is -2.62. The van der Waals surface area contributed by atoms with Crippen molar-refractivity contribution in [3.05, 3.63) is 35.9 Å². The van der Waals surface area contributed by atoms with Crippen LogP contribution in [0.3, 0.4) is 0 Å². The Morgan fingerprint density at radius 1 is 1.00 bits per heavy atom. The summed E-state index contributed by atoms with van der Waals surface area (Å²) in [5.41, 5.74) is 0.661. The fourth-order valence-electron chi connectivity index (χ4n) is 2.06. The second-order valence-electron chi connectivity index (χ2n) is 3.86. The van der Waals surface area contributed by atoms with Crippen molar-refractivity contribution in [2.24, 2.45) is 0 Å². The van der Waals surface area contributed by atoms with E-state index in [2.05, 4.69) is 17.6 Å². The first-order chi connectivity index (χ1) is 8.11. The van der Waals surface area contributed by atoms with Gasteiger partial charge in [0.15, 0.2) is 5.11 Å². The Labute approximate surface area is 117 Å². The largest absolute Gasteiger partial charge is 0.326 e. The molecule has 1 aromatic carbocycles. The normalized spacial score (nSPS) is 18.5. The molecule has 0 aromatic heterocycles. The molecule has 0 radical (unpaired) electrons. The van der Waals surface area contributed by atoms with Crippen LogP contribution < -0.4 is 10.6 Å². The van der Waals surface area contributed by atoms with Gasteiger partial charge < -0.3 is 10.6 Å². The maximum absolute atomic E-state index is 5.45. The molecule has 88 valence electrons. The number of rotatable bonds is 2. The van der Waals surface area contributed by atoms with E-state index in [1.165, 1.54) is 0 Å². The van der Waals surface area contributed by atoms with Crippen molar-refractivity contribution < 1.29 is 0 Å². The number of hydrogen-bond donors (Lipinski definition) is 2. The van der Waals surface area contributed by atoms with Gasteiger partial charge in [0.25, 0.3) is 0 Å². The lowest BCUT2D eigenvalue weighted by atomic mass is 9.76. The summed E-state index contributed by atoms with van der Waals surface area (Å²) in [6.07, 6.45) is 0.803. The molecule has 0 aliphatic carbocycles. The van der Waals surface area contributed by atoms with Gasteiger partial charge in [-0.25, -0.2) is 0 Å². The molecule has 1 saturated heterocycles. The van der Waals surface area contributed by atoms with Gasteiger partial charge in [0.05, 0.1) is 15.4 Å². The van der Waals surface area contributed by atoms with Crippen molar-refractivity contribution in [2.75, 3.05) is 0 Å². The van der Waals surface area contributed by atoms with E-state index >= 15 is 0 Å². The zero-order valence-corrected chi connectivity index (χ0v) is 11.8. The van der Waals surface area contributed by atoms with Crippen LogP contribution in [0, 0.1) is 0 Å². The minimum atomic E-state index is -0.436. The Morgan fingerprint density at radius 2 is 1.53 bits per heavy atom. The quantitative estimate of drug-likeness (QED) is 0.811. The van der Waals surface area contributed by atoms with E-state index in [1.807, 2.05) is 30.3 Å². The molecule has 0 unspecified atom stereocenters. The summed E-state index contributed by atoms with van der Waals surface area (Å²) in [7, 11) is 0. The summed E-state index contributed by atoms with van der Waals surface area (Å²) < 4.78 is 0. The van der Waals surface area contributed by atoms with E-state index in [0.717, 1.165) is 12.0 Å². The van der Waals surface area contributed by atoms with Gasteiger partial charge in [-0.15, -0.1) is 0 Å². The third-order valence-electron chi connectivity index (χ3n) is 3.03. The van der Waals surface area contributed by atoms with E-state index in [1.54, 1.807) is 0 Å². The smallest absolute Gasteiger partial charge is 0.176 e. The Balaban J connectivity index is 2.54. The van der Waals surface area contributed by atoms with Crippen LogP contribution in [-0.2, 0) is 5.41 Å². The molecule has 2 rings (SSSR count). The van der Waals surface area contributed by atoms with Gasteiger partial charge in [0.1, 0.15) is 0 Å². The summed E-state index contributed by atoms with van der Waals surface area (Å²) in [6.45, 7) is 2.07. The minimum Gasteiger partial charge on any atom is -0.326 e. The monoisotopic (exact) mass is 280 g/mol. The number of thiocarbonyl (C=S) groups is 3. The molecule has 2 N–H and O–H groups in total. The van der Waals surface area contributed by atoms with Crippen molar-refractivity contribution in [1.29, 1.82) is 0 Å². The van der Waals surface area contributed by atoms with E-state index < -0.39 is 5.41 Å². The molecular weight excluding hydrogens is 268 g/mol. The van der Waals surface area contributed by atoms with Crippen LogP contribution in [0.25, 0.3) is 0 Å². The Kier molecular flexibility index (Phi) is 3.51. The molecular formula is C12H12N2S3. The average molecular weight is 280 g/mol. The van der Waals surface area contributed by atoms with Crippen LogP contribution >= 0.6 is 36.7 Å². The van der Waals surface area contributed by atoms with E-state index in [0.29, 0.717) is 15.1 Å². The maximum atomic E-state index is 5.45. The van der Waals surface area contributed by atoms with Crippen LogP contribution in [-0.4, -0.2) is 15.1 Å². The topological polar surface area (TPSA) is 24.1 Å². The summed E-state index contributed by atoms with van der Waals surface area (Å²) in [4.78, 5) is 1.36. The number of hydrogen-bond acceptors (Lipinski definition) is 3. The van der Waals surface area contributed by atoms with Gasteiger partial charge in [-0.05, 0) is 24.2 Å². The standard InChI is InChI=1S/C12H12N2S3/c1-2-12(8-6-4-3-5-7-8)9(15)13-11(17)14-10(12)16/h3-7H,2H2,1H3,(H2,13,14,15,16,17). The lowest BCUT2D eigenvalue weighted by molar-refractivity contribution is 0.705. The second-order valence-corrected chi connectivity index (χ2v) is 5.09. The summed E-state index contributed by atoms with van der Waals surface area (Å²) in [5, 5.41) is 6.51. The predicted octanol–water partition coefficient (Wildman–Crippen LogP) is 2.47. The minimum absolute atomic E-state index is 0.436. The third kappa shape index (κ3) is 1.99. The molecule has 0 amide bonds. The molecule has 0 saturated carbocycles. The molecule has 0 spiro atoms. The Morgan fingerprint density at radius 3 is 2.00 bits per heavy atom. The highest BCUT2D eigenvalue weighted by molar-refractivity contribution is 7.84. The molecule has 2 nitrogen and oxygen atoms in total. The van der Waals surface area contributed by atoms with E-state index in [-0.39, 0.29) is 0 Å². The third-order valence-corrected chi connectivity index (χ3v) is 4.13. The molecule has 0 atom stereocenters. The van der Waals surface area contributed by atoms with E-state index in [4.69, 9.17) is 36.7 Å². The van der Waals surface area contributed by atoms with Gasteiger partial charge in [0.2, 0.25) is 0 Å². The highest BCUT2D eigenvalue weighted by atomic mass is 32.1. The summed E-state index contributed by atoms with van der Waals surface area (Å²) in [6, 6.07) is 10.0. The predicted molar refractivity (Wildman–Crippen MR) is 82.5 cm³/mol. The van der Waals surface area contributed by atoms with Crippen molar-refractivity contribution >= 4 is 51.7 Å². The Hall–Kier alpha value is -0.910. The average Bonchev–Trinajstić information content (AvgIpc) is 2.30. The fourth-order valence-corrected chi connectivity index (χ4v) is 3.39.